The van der Waals surface area contributed by atoms with Gasteiger partial charge in [-0.15, -0.1) is 0 Å². The molecule has 2 N–H and O–H groups in total. The van der Waals surface area contributed by atoms with E-state index < -0.39 is 11.0 Å². The standard InChI is InChI=1S/C28H34N2O4/c1-29(26(32)7-4-20-9-13-34-18-20)22-8-10-28(33)25-14-21-5-6-23(31)15-24(21)27(28,16-22)11-12-30(25)17-19-2-3-19/h4-7,9,13,15,18-19,22,25,31,33H,2-3,8,10-12,14,16-17H2,1H3/b7-4+/t22-,25+,27-,28-/m1/s1. The molecule has 4 atom stereocenters. The molecule has 2 saturated carbocycles. The lowest BCUT2D eigenvalue weighted by atomic mass is 9.48. The maximum atomic E-state index is 13.0. The molecule has 1 amide bonds. The molecule has 6 heteroatoms. The van der Waals surface area contributed by atoms with Gasteiger partial charge in [-0.05, 0) is 92.8 Å². The van der Waals surface area contributed by atoms with E-state index in [-0.39, 0.29) is 23.7 Å². The lowest BCUT2D eigenvalue weighted by Crippen LogP contribution is -2.74. The van der Waals surface area contributed by atoms with E-state index in [0.29, 0.717) is 6.42 Å². The molecule has 4 aliphatic rings. The van der Waals surface area contributed by atoms with Gasteiger partial charge in [-0.2, -0.15) is 0 Å². The summed E-state index contributed by atoms with van der Waals surface area (Å²) in [6, 6.07) is 7.66. The third-order valence-electron chi connectivity index (χ3n) is 9.16. The Kier molecular flexibility index (Phi) is 5.15. The highest BCUT2D eigenvalue weighted by molar-refractivity contribution is 5.91. The zero-order valence-corrected chi connectivity index (χ0v) is 19.8. The quantitative estimate of drug-likeness (QED) is 0.663. The average Bonchev–Trinajstić information content (AvgIpc) is 3.49. The number of benzene rings is 1. The fraction of sp³-hybridized carbons (Fsp3) is 0.536. The number of fused-ring (bicyclic) bond motifs is 1. The zero-order valence-electron chi connectivity index (χ0n) is 19.8. The number of phenolic OH excluding ortho intramolecular Hbond substituents is 1. The molecule has 0 spiro atoms. The van der Waals surface area contributed by atoms with Crippen molar-refractivity contribution < 1.29 is 19.4 Å². The van der Waals surface area contributed by atoms with E-state index in [4.69, 9.17) is 4.42 Å². The molecule has 1 aromatic carbocycles. The summed E-state index contributed by atoms with van der Waals surface area (Å²) in [5.41, 5.74) is 1.91. The first-order valence-corrected chi connectivity index (χ1v) is 12.7. The largest absolute Gasteiger partial charge is 0.508 e. The Labute approximate surface area is 200 Å². The second-order valence-corrected chi connectivity index (χ2v) is 11.0. The van der Waals surface area contributed by atoms with Gasteiger partial charge in [0.1, 0.15) is 5.75 Å². The maximum Gasteiger partial charge on any atom is 0.246 e. The molecular formula is C28H34N2O4. The van der Waals surface area contributed by atoms with E-state index in [1.54, 1.807) is 30.7 Å². The summed E-state index contributed by atoms with van der Waals surface area (Å²) < 4.78 is 5.09. The Morgan fingerprint density at radius 2 is 2.12 bits per heavy atom. The number of hydrogen-bond donors (Lipinski definition) is 2. The van der Waals surface area contributed by atoms with E-state index in [0.717, 1.165) is 55.8 Å². The average molecular weight is 463 g/mol. The van der Waals surface area contributed by atoms with Gasteiger partial charge in [0, 0.05) is 42.7 Å². The fourth-order valence-electron chi connectivity index (χ4n) is 7.09. The number of furan rings is 1. The summed E-state index contributed by atoms with van der Waals surface area (Å²) in [4.78, 5) is 17.4. The number of likely N-dealkylation sites (N-methyl/N-ethyl adjacent to an activating group) is 1. The highest BCUT2D eigenvalue weighted by Gasteiger charge is 2.65. The molecule has 2 aromatic rings. The molecule has 0 radical (unpaired) electrons. The number of carbonyl (C=O) groups is 1. The van der Waals surface area contributed by atoms with Crippen molar-refractivity contribution >= 4 is 12.0 Å². The van der Waals surface area contributed by atoms with Crippen molar-refractivity contribution in [2.24, 2.45) is 5.92 Å². The molecule has 2 heterocycles. The van der Waals surface area contributed by atoms with E-state index in [1.807, 2.05) is 30.1 Å². The number of rotatable bonds is 5. The van der Waals surface area contributed by atoms with Crippen LogP contribution < -0.4 is 0 Å². The predicted molar refractivity (Wildman–Crippen MR) is 129 cm³/mol. The minimum atomic E-state index is -0.839. The number of likely N-dealkylation sites (tertiary alicyclic amines) is 1. The molecule has 34 heavy (non-hydrogen) atoms. The fourth-order valence-corrected chi connectivity index (χ4v) is 7.09. The molecular weight excluding hydrogens is 428 g/mol. The van der Waals surface area contributed by atoms with Crippen molar-refractivity contribution in [2.75, 3.05) is 20.1 Å². The predicted octanol–water partition coefficient (Wildman–Crippen LogP) is 3.72. The van der Waals surface area contributed by atoms with Gasteiger partial charge in [-0.1, -0.05) is 6.07 Å². The van der Waals surface area contributed by atoms with Crippen LogP contribution in [0, 0.1) is 5.92 Å². The monoisotopic (exact) mass is 462 g/mol. The van der Waals surface area contributed by atoms with Crippen LogP contribution in [0.3, 0.4) is 0 Å². The lowest BCUT2D eigenvalue weighted by molar-refractivity contribution is -0.177. The van der Waals surface area contributed by atoms with Crippen LogP contribution in [0.5, 0.6) is 5.75 Å². The maximum absolute atomic E-state index is 13.0. The first-order valence-electron chi connectivity index (χ1n) is 12.7. The Balaban J connectivity index is 1.32. The highest BCUT2D eigenvalue weighted by atomic mass is 16.3. The van der Waals surface area contributed by atoms with Gasteiger partial charge >= 0.3 is 0 Å². The lowest BCUT2D eigenvalue weighted by Gasteiger charge is -2.65. The van der Waals surface area contributed by atoms with Crippen LogP contribution in [0.1, 0.15) is 55.2 Å². The first-order chi connectivity index (χ1) is 16.4. The summed E-state index contributed by atoms with van der Waals surface area (Å²) >= 11 is 0. The number of nitrogens with zero attached hydrogens (tertiary/aromatic N) is 2. The summed E-state index contributed by atoms with van der Waals surface area (Å²) in [6.07, 6.45) is 13.0. The Hall–Kier alpha value is -2.57. The number of aliphatic hydroxyl groups is 1. The molecule has 6 nitrogen and oxygen atoms in total. The summed E-state index contributed by atoms with van der Waals surface area (Å²) in [6.45, 7) is 2.04. The van der Waals surface area contributed by atoms with Gasteiger partial charge in [0.05, 0.1) is 18.1 Å². The summed E-state index contributed by atoms with van der Waals surface area (Å²) in [5, 5.41) is 22.8. The minimum Gasteiger partial charge on any atom is -0.508 e. The number of carbonyl (C=O) groups excluding carboxylic acids is 1. The van der Waals surface area contributed by atoms with Crippen molar-refractivity contribution in [1.29, 1.82) is 0 Å². The second-order valence-electron chi connectivity index (χ2n) is 11.0. The molecule has 1 aromatic heterocycles. The van der Waals surface area contributed by atoms with Gasteiger partial charge in [-0.25, -0.2) is 0 Å². The minimum absolute atomic E-state index is 0.0331. The molecule has 180 valence electrons. The van der Waals surface area contributed by atoms with Crippen LogP contribution in [0.4, 0.5) is 0 Å². The Morgan fingerprint density at radius 3 is 2.88 bits per heavy atom. The number of aromatic hydroxyl groups is 1. The van der Waals surface area contributed by atoms with Gasteiger partial charge in [0.2, 0.25) is 5.91 Å². The number of amides is 1. The molecule has 3 aliphatic carbocycles. The SMILES string of the molecule is CN(C(=O)/C=C/c1ccoc1)[C@@H]1CC[C@@]2(O)[C@@H]3Cc4ccc(O)cc4[C@@]2(CCN3CC2CC2)C1. The van der Waals surface area contributed by atoms with Crippen LogP contribution in [0.25, 0.3) is 6.08 Å². The van der Waals surface area contributed by atoms with E-state index in [1.165, 1.54) is 18.4 Å². The van der Waals surface area contributed by atoms with E-state index >= 15 is 0 Å². The van der Waals surface area contributed by atoms with Crippen LogP contribution in [-0.2, 0) is 16.6 Å². The van der Waals surface area contributed by atoms with E-state index in [9.17, 15) is 15.0 Å². The Bertz CT molecular complexity index is 1110. The topological polar surface area (TPSA) is 77.2 Å². The van der Waals surface area contributed by atoms with Gasteiger partial charge in [0.25, 0.3) is 0 Å². The Morgan fingerprint density at radius 1 is 1.26 bits per heavy atom. The smallest absolute Gasteiger partial charge is 0.246 e. The van der Waals surface area contributed by atoms with Crippen LogP contribution >= 0.6 is 0 Å². The van der Waals surface area contributed by atoms with Gasteiger partial charge in [0.15, 0.2) is 0 Å². The molecule has 3 fully saturated rings. The molecule has 0 unspecified atom stereocenters. The summed E-state index contributed by atoms with van der Waals surface area (Å²) in [5.74, 6) is 0.992. The van der Waals surface area contributed by atoms with E-state index in [2.05, 4.69) is 4.90 Å². The van der Waals surface area contributed by atoms with Crippen molar-refractivity contribution in [1.82, 2.24) is 9.80 Å². The van der Waals surface area contributed by atoms with Crippen molar-refractivity contribution in [3.8, 4) is 5.75 Å². The zero-order chi connectivity index (χ0) is 23.5. The molecule has 2 bridgehead atoms. The third-order valence-corrected chi connectivity index (χ3v) is 9.16. The number of hydrogen-bond acceptors (Lipinski definition) is 5. The summed E-state index contributed by atoms with van der Waals surface area (Å²) in [7, 11) is 1.87. The van der Waals surface area contributed by atoms with Crippen LogP contribution in [0.2, 0.25) is 0 Å². The van der Waals surface area contributed by atoms with Crippen molar-refractivity contribution in [3.05, 3.63) is 59.6 Å². The molecule has 1 saturated heterocycles. The first kappa shape index (κ1) is 21.9. The van der Waals surface area contributed by atoms with Crippen LogP contribution in [0.15, 0.2) is 47.3 Å². The number of phenols is 1. The highest BCUT2D eigenvalue weighted by Crippen LogP contribution is 2.59. The third kappa shape index (κ3) is 3.42. The number of piperidine rings is 1. The second kappa shape index (κ2) is 7.99. The van der Waals surface area contributed by atoms with Crippen LogP contribution in [-0.4, -0.2) is 63.7 Å². The van der Waals surface area contributed by atoms with Crippen molar-refractivity contribution in [2.45, 2.75) is 68.0 Å². The van der Waals surface area contributed by atoms with Crippen molar-refractivity contribution in [3.63, 3.8) is 0 Å². The molecule has 6 rings (SSSR count). The molecule has 1 aliphatic heterocycles. The normalized spacial score (nSPS) is 32.9. The van der Waals surface area contributed by atoms with Gasteiger partial charge in [-0.3, -0.25) is 9.69 Å². The van der Waals surface area contributed by atoms with Gasteiger partial charge < -0.3 is 19.5 Å².